The molecule has 0 saturated heterocycles. The van der Waals surface area contributed by atoms with Crippen LogP contribution in [0.15, 0.2) is 47.4 Å². The molecule has 2 rings (SSSR count). The van der Waals surface area contributed by atoms with E-state index in [1.807, 2.05) is 0 Å². The normalized spacial score (nSPS) is 11.3. The maximum Gasteiger partial charge on any atom is 0.248 e. The van der Waals surface area contributed by atoms with E-state index in [-0.39, 0.29) is 9.92 Å². The van der Waals surface area contributed by atoms with E-state index in [1.165, 1.54) is 56.6 Å². The van der Waals surface area contributed by atoms with E-state index in [2.05, 4.69) is 5.32 Å². The second-order valence-corrected chi connectivity index (χ2v) is 8.00. The zero-order valence-electron chi connectivity index (χ0n) is 14.6. The number of hydrogen-bond acceptors (Lipinski definition) is 5. The number of hydrogen-bond donors (Lipinski definition) is 2. The smallest absolute Gasteiger partial charge is 0.248 e. The first-order valence-corrected chi connectivity index (χ1v) is 9.46. The van der Waals surface area contributed by atoms with E-state index in [9.17, 15) is 18.0 Å². The maximum absolute atomic E-state index is 12.6. The fraction of sp³-hybridized carbons (Fsp3) is 0.176. The van der Waals surface area contributed by atoms with Crippen LogP contribution in [0, 0.1) is 0 Å². The van der Waals surface area contributed by atoms with Crippen molar-refractivity contribution in [3.63, 3.8) is 0 Å². The van der Waals surface area contributed by atoms with Crippen LogP contribution in [0.4, 0.5) is 5.69 Å². The number of primary amides is 1. The summed E-state index contributed by atoms with van der Waals surface area (Å²) in [4.78, 5) is 23.1. The van der Waals surface area contributed by atoms with Crippen LogP contribution in [-0.2, 0) is 14.8 Å². The molecular formula is C17H18ClN3O5S. The first-order chi connectivity index (χ1) is 12.6. The monoisotopic (exact) mass is 411 g/mol. The highest BCUT2D eigenvalue weighted by Gasteiger charge is 2.24. The molecule has 0 aliphatic rings. The van der Waals surface area contributed by atoms with Gasteiger partial charge in [-0.2, -0.15) is 4.31 Å². The van der Waals surface area contributed by atoms with Gasteiger partial charge in [0.05, 0.1) is 23.6 Å². The van der Waals surface area contributed by atoms with E-state index in [0.29, 0.717) is 17.0 Å². The third kappa shape index (κ3) is 4.97. The molecule has 0 atom stereocenters. The number of amides is 2. The van der Waals surface area contributed by atoms with Crippen molar-refractivity contribution in [3.05, 3.63) is 53.1 Å². The van der Waals surface area contributed by atoms with Gasteiger partial charge in [-0.1, -0.05) is 11.6 Å². The van der Waals surface area contributed by atoms with Gasteiger partial charge < -0.3 is 15.8 Å². The number of likely N-dealkylation sites (N-methyl/N-ethyl adjacent to an activating group) is 1. The standard InChI is InChI=1S/C17H18ClN3O5S/c1-21(27(24,25)13-7-8-15(26-2)14(18)9-13)10-16(22)20-12-5-3-11(4-6-12)17(19)23/h3-9H,10H2,1-2H3,(H2,19,23)(H,20,22). The summed E-state index contributed by atoms with van der Waals surface area (Å²) in [5, 5.41) is 2.69. The Morgan fingerprint density at radius 3 is 2.33 bits per heavy atom. The number of anilines is 1. The third-order valence-corrected chi connectivity index (χ3v) is 5.75. The number of nitrogens with two attached hydrogens (primary N) is 1. The van der Waals surface area contributed by atoms with E-state index >= 15 is 0 Å². The number of nitrogens with one attached hydrogen (secondary N) is 1. The van der Waals surface area contributed by atoms with Gasteiger partial charge in [-0.25, -0.2) is 8.42 Å². The Labute approximate surface area is 161 Å². The summed E-state index contributed by atoms with van der Waals surface area (Å²) >= 11 is 5.97. The van der Waals surface area contributed by atoms with Crippen molar-refractivity contribution in [2.75, 3.05) is 26.0 Å². The average Bonchev–Trinajstić information content (AvgIpc) is 2.61. The topological polar surface area (TPSA) is 119 Å². The minimum absolute atomic E-state index is 0.0607. The number of sulfonamides is 1. The van der Waals surface area contributed by atoms with E-state index in [0.717, 1.165) is 4.31 Å². The molecule has 0 aromatic heterocycles. The summed E-state index contributed by atoms with van der Waals surface area (Å²) < 4.78 is 31.1. The van der Waals surface area contributed by atoms with Gasteiger partial charge in [0.15, 0.2) is 0 Å². The van der Waals surface area contributed by atoms with Gasteiger partial charge in [-0.3, -0.25) is 9.59 Å². The van der Waals surface area contributed by atoms with Crippen molar-refractivity contribution in [2.24, 2.45) is 5.73 Å². The lowest BCUT2D eigenvalue weighted by atomic mass is 10.2. The number of rotatable bonds is 7. The van der Waals surface area contributed by atoms with Crippen molar-refractivity contribution < 1.29 is 22.7 Å². The van der Waals surface area contributed by atoms with Gasteiger partial charge in [0, 0.05) is 18.3 Å². The van der Waals surface area contributed by atoms with Crippen molar-refractivity contribution in [2.45, 2.75) is 4.90 Å². The van der Waals surface area contributed by atoms with Crippen LogP contribution in [0.5, 0.6) is 5.75 Å². The molecule has 0 radical (unpaired) electrons. The molecule has 0 heterocycles. The fourth-order valence-electron chi connectivity index (χ4n) is 2.19. The summed E-state index contributed by atoms with van der Waals surface area (Å²) in [7, 11) is -1.22. The van der Waals surface area contributed by atoms with E-state index < -0.39 is 28.4 Å². The fourth-order valence-corrected chi connectivity index (χ4v) is 3.67. The van der Waals surface area contributed by atoms with Crippen LogP contribution in [-0.4, -0.2) is 45.2 Å². The summed E-state index contributed by atoms with van der Waals surface area (Å²) in [5.41, 5.74) is 5.85. The molecule has 0 aliphatic heterocycles. The molecule has 2 aromatic rings. The molecule has 10 heteroatoms. The average molecular weight is 412 g/mol. The molecule has 27 heavy (non-hydrogen) atoms. The Morgan fingerprint density at radius 2 is 1.81 bits per heavy atom. The summed E-state index contributed by atoms with van der Waals surface area (Å²) in [6, 6.07) is 9.94. The Balaban J connectivity index is 2.08. The van der Waals surface area contributed by atoms with Gasteiger partial charge in [-0.15, -0.1) is 0 Å². The Bertz CT molecular complexity index is 961. The quantitative estimate of drug-likeness (QED) is 0.718. The Hall–Kier alpha value is -2.62. The van der Waals surface area contributed by atoms with Crippen LogP contribution in [0.25, 0.3) is 0 Å². The molecule has 0 fully saturated rings. The SMILES string of the molecule is COc1ccc(S(=O)(=O)N(C)CC(=O)Nc2ccc(C(N)=O)cc2)cc1Cl. The molecular weight excluding hydrogens is 394 g/mol. The minimum atomic E-state index is -3.92. The van der Waals surface area contributed by atoms with Crippen LogP contribution >= 0.6 is 11.6 Å². The molecule has 0 saturated carbocycles. The summed E-state index contributed by atoms with van der Waals surface area (Å²) in [6.45, 7) is -0.413. The lowest BCUT2D eigenvalue weighted by molar-refractivity contribution is -0.116. The van der Waals surface area contributed by atoms with Crippen molar-refractivity contribution >= 4 is 39.1 Å². The molecule has 0 spiro atoms. The molecule has 2 amide bonds. The lowest BCUT2D eigenvalue weighted by Crippen LogP contribution is -2.35. The van der Waals surface area contributed by atoms with Gasteiger partial charge >= 0.3 is 0 Å². The minimum Gasteiger partial charge on any atom is -0.495 e. The summed E-state index contributed by atoms with van der Waals surface area (Å²) in [5.74, 6) is -0.792. The molecule has 3 N–H and O–H groups in total. The van der Waals surface area contributed by atoms with Crippen LogP contribution in [0.3, 0.4) is 0 Å². The number of ether oxygens (including phenoxy) is 1. The molecule has 0 bridgehead atoms. The van der Waals surface area contributed by atoms with Crippen LogP contribution in [0.1, 0.15) is 10.4 Å². The largest absolute Gasteiger partial charge is 0.495 e. The Kier molecular flexibility index (Phi) is 6.42. The van der Waals surface area contributed by atoms with Gasteiger partial charge in [0.1, 0.15) is 5.75 Å². The highest BCUT2D eigenvalue weighted by atomic mass is 35.5. The lowest BCUT2D eigenvalue weighted by Gasteiger charge is -2.17. The first kappa shape index (κ1) is 20.7. The summed E-state index contributed by atoms with van der Waals surface area (Å²) in [6.07, 6.45) is 0. The molecule has 0 unspecified atom stereocenters. The zero-order valence-corrected chi connectivity index (χ0v) is 16.2. The van der Waals surface area contributed by atoms with E-state index in [1.54, 1.807) is 0 Å². The van der Waals surface area contributed by atoms with Crippen LogP contribution in [0.2, 0.25) is 5.02 Å². The number of carbonyl (C=O) groups excluding carboxylic acids is 2. The first-order valence-electron chi connectivity index (χ1n) is 7.64. The number of carbonyl (C=O) groups is 2. The van der Waals surface area contributed by atoms with Gasteiger partial charge in [0.25, 0.3) is 0 Å². The van der Waals surface area contributed by atoms with Crippen molar-refractivity contribution in [1.82, 2.24) is 4.31 Å². The third-order valence-electron chi connectivity index (χ3n) is 3.65. The molecule has 144 valence electrons. The van der Waals surface area contributed by atoms with Crippen molar-refractivity contribution in [1.29, 1.82) is 0 Å². The number of methoxy groups -OCH3 is 1. The molecule has 2 aromatic carbocycles. The van der Waals surface area contributed by atoms with Crippen LogP contribution < -0.4 is 15.8 Å². The number of nitrogens with zero attached hydrogens (tertiary/aromatic N) is 1. The van der Waals surface area contributed by atoms with Crippen molar-refractivity contribution in [3.8, 4) is 5.75 Å². The van der Waals surface area contributed by atoms with Gasteiger partial charge in [0.2, 0.25) is 21.8 Å². The second-order valence-electron chi connectivity index (χ2n) is 5.55. The maximum atomic E-state index is 12.6. The predicted molar refractivity (Wildman–Crippen MR) is 101 cm³/mol. The number of halogens is 1. The Morgan fingerprint density at radius 1 is 1.19 bits per heavy atom. The molecule has 8 nitrogen and oxygen atoms in total. The zero-order chi connectivity index (χ0) is 20.2. The number of benzene rings is 2. The second kappa shape index (κ2) is 8.38. The highest BCUT2D eigenvalue weighted by Crippen LogP contribution is 2.28. The molecule has 0 aliphatic carbocycles. The highest BCUT2D eigenvalue weighted by molar-refractivity contribution is 7.89. The van der Waals surface area contributed by atoms with E-state index in [4.69, 9.17) is 22.1 Å². The van der Waals surface area contributed by atoms with Gasteiger partial charge in [-0.05, 0) is 42.5 Å². The predicted octanol–water partition coefficient (Wildman–Crippen LogP) is 1.71.